The number of nitrogen functional groups attached to an aromatic ring is 1. The summed E-state index contributed by atoms with van der Waals surface area (Å²) in [4.78, 5) is 17.9. The van der Waals surface area contributed by atoms with Crippen LogP contribution in [-0.4, -0.2) is 51.5 Å². The van der Waals surface area contributed by atoms with Crippen LogP contribution in [0.25, 0.3) is 11.2 Å². The fourth-order valence-electron chi connectivity index (χ4n) is 2.66. The van der Waals surface area contributed by atoms with Gasteiger partial charge in [0.1, 0.15) is 5.52 Å². The molecule has 4 N–H and O–H groups in total. The van der Waals surface area contributed by atoms with E-state index in [-0.39, 0.29) is 5.95 Å². The largest absolute Gasteiger partial charge is 0.368 e. The normalized spacial score (nSPS) is 20.8. The van der Waals surface area contributed by atoms with Gasteiger partial charge in [-0.3, -0.25) is 0 Å². The zero-order valence-electron chi connectivity index (χ0n) is 11.1. The fourth-order valence-corrected chi connectivity index (χ4v) is 2.66. The Labute approximate surface area is 111 Å². The minimum Gasteiger partial charge on any atom is -0.368 e. The summed E-state index contributed by atoms with van der Waals surface area (Å²) < 4.78 is 0. The number of hydrogen-bond acceptors (Lipinski definition) is 6. The van der Waals surface area contributed by atoms with E-state index in [2.05, 4.69) is 37.2 Å². The van der Waals surface area contributed by atoms with Crippen LogP contribution in [0.15, 0.2) is 6.33 Å². The first-order valence-electron chi connectivity index (χ1n) is 6.61. The molecule has 3 rings (SSSR count). The van der Waals surface area contributed by atoms with Gasteiger partial charge in [-0.05, 0) is 32.4 Å². The number of hydrogen-bond donors (Lipinski definition) is 3. The van der Waals surface area contributed by atoms with Gasteiger partial charge in [0.2, 0.25) is 5.95 Å². The first-order chi connectivity index (χ1) is 9.22. The fraction of sp³-hybridized carbons (Fsp3) is 0.583. The topological polar surface area (TPSA) is 95.8 Å². The lowest BCUT2D eigenvalue weighted by Gasteiger charge is -2.29. The molecule has 1 fully saturated rings. The second-order valence-electron chi connectivity index (χ2n) is 5.18. The van der Waals surface area contributed by atoms with E-state index in [4.69, 9.17) is 5.73 Å². The molecule has 102 valence electrons. The van der Waals surface area contributed by atoms with Crippen molar-refractivity contribution in [1.82, 2.24) is 24.8 Å². The van der Waals surface area contributed by atoms with E-state index in [1.807, 2.05) is 0 Å². The van der Waals surface area contributed by atoms with E-state index < -0.39 is 0 Å². The van der Waals surface area contributed by atoms with Crippen LogP contribution in [0.5, 0.6) is 0 Å². The van der Waals surface area contributed by atoms with Crippen LogP contribution >= 0.6 is 0 Å². The van der Waals surface area contributed by atoms with Gasteiger partial charge in [-0.2, -0.15) is 9.97 Å². The van der Waals surface area contributed by atoms with Gasteiger partial charge in [0.15, 0.2) is 11.5 Å². The van der Waals surface area contributed by atoms with E-state index in [9.17, 15) is 0 Å². The van der Waals surface area contributed by atoms with Crippen molar-refractivity contribution in [2.75, 3.05) is 37.7 Å². The van der Waals surface area contributed by atoms with Crippen molar-refractivity contribution in [3.8, 4) is 0 Å². The lowest BCUT2D eigenvalue weighted by Crippen LogP contribution is -2.35. The first-order valence-corrected chi connectivity index (χ1v) is 6.61. The quantitative estimate of drug-likeness (QED) is 0.752. The van der Waals surface area contributed by atoms with E-state index in [0.29, 0.717) is 11.6 Å². The van der Waals surface area contributed by atoms with Crippen LogP contribution in [-0.2, 0) is 0 Å². The van der Waals surface area contributed by atoms with Crippen molar-refractivity contribution in [3.05, 3.63) is 6.33 Å². The van der Waals surface area contributed by atoms with E-state index in [1.165, 1.54) is 19.4 Å². The van der Waals surface area contributed by atoms with Gasteiger partial charge >= 0.3 is 0 Å². The lowest BCUT2D eigenvalue weighted by molar-refractivity contribution is 0.217. The van der Waals surface area contributed by atoms with Crippen LogP contribution in [0.2, 0.25) is 0 Å². The Morgan fingerprint density at radius 2 is 2.42 bits per heavy atom. The average molecular weight is 261 g/mol. The predicted octanol–water partition coefficient (Wildman–Crippen LogP) is 0.689. The number of H-pyrrole nitrogens is 1. The Morgan fingerprint density at radius 3 is 3.26 bits per heavy atom. The number of fused-ring (bicyclic) bond motifs is 1. The van der Waals surface area contributed by atoms with Gasteiger partial charge in [-0.15, -0.1) is 0 Å². The van der Waals surface area contributed by atoms with Crippen molar-refractivity contribution in [3.63, 3.8) is 0 Å². The number of nitrogens with zero attached hydrogens (tertiary/aromatic N) is 4. The molecular weight excluding hydrogens is 242 g/mol. The summed E-state index contributed by atoms with van der Waals surface area (Å²) in [5.41, 5.74) is 7.12. The molecule has 1 atom stereocenters. The number of nitrogens with one attached hydrogen (secondary N) is 2. The van der Waals surface area contributed by atoms with Crippen molar-refractivity contribution < 1.29 is 0 Å². The molecule has 7 nitrogen and oxygen atoms in total. The van der Waals surface area contributed by atoms with Crippen LogP contribution in [0, 0.1) is 5.92 Å². The molecular formula is C12H19N7. The zero-order chi connectivity index (χ0) is 13.2. The van der Waals surface area contributed by atoms with E-state index in [1.54, 1.807) is 6.33 Å². The Balaban J connectivity index is 1.72. The molecule has 0 aromatic carbocycles. The highest BCUT2D eigenvalue weighted by Crippen LogP contribution is 2.20. The molecule has 1 saturated heterocycles. The maximum absolute atomic E-state index is 5.69. The molecule has 0 radical (unpaired) electrons. The minimum atomic E-state index is 0.253. The number of piperidine rings is 1. The van der Waals surface area contributed by atoms with Gasteiger partial charge in [0, 0.05) is 13.1 Å². The maximum atomic E-state index is 5.69. The number of anilines is 2. The Kier molecular flexibility index (Phi) is 3.20. The second-order valence-corrected chi connectivity index (χ2v) is 5.18. The highest BCUT2D eigenvalue weighted by atomic mass is 15.1. The van der Waals surface area contributed by atoms with Gasteiger partial charge in [-0.25, -0.2) is 4.98 Å². The van der Waals surface area contributed by atoms with E-state index in [0.717, 1.165) is 24.4 Å². The molecule has 0 spiro atoms. The number of imidazole rings is 1. The molecule has 7 heteroatoms. The van der Waals surface area contributed by atoms with Crippen molar-refractivity contribution in [2.45, 2.75) is 12.8 Å². The summed E-state index contributed by atoms with van der Waals surface area (Å²) in [5.74, 6) is 1.64. The summed E-state index contributed by atoms with van der Waals surface area (Å²) in [6.45, 7) is 3.22. The Bertz CT molecular complexity index is 564. The van der Waals surface area contributed by atoms with Gasteiger partial charge in [0.25, 0.3) is 0 Å². The highest BCUT2D eigenvalue weighted by Gasteiger charge is 2.17. The zero-order valence-corrected chi connectivity index (χ0v) is 11.1. The smallest absolute Gasteiger partial charge is 0.224 e. The number of likely N-dealkylation sites (tertiary alicyclic amines) is 1. The van der Waals surface area contributed by atoms with Crippen molar-refractivity contribution >= 4 is 22.9 Å². The monoisotopic (exact) mass is 261 g/mol. The molecule has 0 bridgehead atoms. The van der Waals surface area contributed by atoms with Gasteiger partial charge in [-0.1, -0.05) is 0 Å². The van der Waals surface area contributed by atoms with Crippen molar-refractivity contribution in [1.29, 1.82) is 0 Å². The number of rotatable bonds is 3. The number of aromatic nitrogens is 4. The third-order valence-electron chi connectivity index (χ3n) is 3.58. The summed E-state index contributed by atoms with van der Waals surface area (Å²) in [5, 5.41) is 3.38. The number of aromatic amines is 1. The molecule has 1 aliphatic heterocycles. The SMILES string of the molecule is CN1CCCC(CNc2nc(N)nc3nc[nH]c23)C1. The minimum absolute atomic E-state index is 0.253. The molecule has 19 heavy (non-hydrogen) atoms. The standard InChI is InChI=1S/C12H19N7/c1-19-4-2-3-8(6-19)5-14-10-9-11(16-7-15-9)18-12(13)17-10/h7-8H,2-6H2,1H3,(H4,13,14,15,16,17,18). The molecule has 3 heterocycles. The third-order valence-corrected chi connectivity index (χ3v) is 3.58. The van der Waals surface area contributed by atoms with Crippen LogP contribution in [0.1, 0.15) is 12.8 Å². The number of nitrogens with two attached hydrogens (primary N) is 1. The van der Waals surface area contributed by atoms with Crippen LogP contribution in [0.4, 0.5) is 11.8 Å². The molecule has 0 aliphatic carbocycles. The predicted molar refractivity (Wildman–Crippen MR) is 74.8 cm³/mol. The molecule has 1 aliphatic rings. The maximum Gasteiger partial charge on any atom is 0.224 e. The average Bonchev–Trinajstić information content (AvgIpc) is 2.84. The summed E-state index contributed by atoms with van der Waals surface area (Å²) in [6, 6.07) is 0. The summed E-state index contributed by atoms with van der Waals surface area (Å²) in [7, 11) is 2.17. The second kappa shape index (κ2) is 5.00. The van der Waals surface area contributed by atoms with E-state index >= 15 is 0 Å². The van der Waals surface area contributed by atoms with Gasteiger partial charge in [0.05, 0.1) is 6.33 Å². The summed E-state index contributed by atoms with van der Waals surface area (Å²) in [6.07, 6.45) is 4.12. The Hall–Kier alpha value is -1.89. The lowest BCUT2D eigenvalue weighted by atomic mass is 9.98. The first kappa shape index (κ1) is 12.2. The third kappa shape index (κ3) is 2.60. The molecule has 0 saturated carbocycles. The van der Waals surface area contributed by atoms with Gasteiger partial charge < -0.3 is 20.9 Å². The molecule has 1 unspecified atom stereocenters. The highest BCUT2D eigenvalue weighted by molar-refractivity contribution is 5.83. The molecule has 0 amide bonds. The molecule has 2 aromatic heterocycles. The molecule has 2 aromatic rings. The van der Waals surface area contributed by atoms with Crippen LogP contribution in [0.3, 0.4) is 0 Å². The van der Waals surface area contributed by atoms with Crippen LogP contribution < -0.4 is 11.1 Å². The Morgan fingerprint density at radius 1 is 1.53 bits per heavy atom. The van der Waals surface area contributed by atoms with Crippen molar-refractivity contribution in [2.24, 2.45) is 5.92 Å². The summed E-state index contributed by atoms with van der Waals surface area (Å²) >= 11 is 0.